The molecule has 0 spiro atoms. The first-order chi connectivity index (χ1) is 9.00. The van der Waals surface area contributed by atoms with Crippen LogP contribution in [0.25, 0.3) is 0 Å². The van der Waals surface area contributed by atoms with E-state index in [1.165, 1.54) is 12.1 Å². The second-order valence-corrected chi connectivity index (χ2v) is 4.89. The number of Topliss-reactive ketones (excluding diaryl/α,β-unsaturated/α-hetero) is 1. The van der Waals surface area contributed by atoms with Crippen molar-refractivity contribution in [3.8, 4) is 0 Å². The Hall–Kier alpha value is -1.68. The second-order valence-electron chi connectivity index (χ2n) is 4.49. The lowest BCUT2D eigenvalue weighted by Gasteiger charge is -2.24. The molecule has 0 radical (unpaired) electrons. The largest absolute Gasteiger partial charge is 0.481 e. The molecule has 1 N–H and O–H groups in total. The number of benzene rings is 1. The van der Waals surface area contributed by atoms with Gasteiger partial charge in [0, 0.05) is 11.5 Å². The van der Waals surface area contributed by atoms with Gasteiger partial charge in [0.25, 0.3) is 0 Å². The molecule has 1 aliphatic carbocycles. The molecule has 100 valence electrons. The Morgan fingerprint density at radius 2 is 1.84 bits per heavy atom. The molecular weight excluding hydrogens is 271 g/mol. The van der Waals surface area contributed by atoms with Crippen LogP contribution in [-0.4, -0.2) is 16.9 Å². The van der Waals surface area contributed by atoms with E-state index >= 15 is 0 Å². The molecule has 1 aliphatic rings. The zero-order valence-corrected chi connectivity index (χ0v) is 10.7. The van der Waals surface area contributed by atoms with E-state index in [2.05, 4.69) is 0 Å². The highest BCUT2D eigenvalue weighted by Crippen LogP contribution is 2.29. The minimum Gasteiger partial charge on any atom is -0.481 e. The number of halogens is 2. The Morgan fingerprint density at radius 3 is 2.42 bits per heavy atom. The molecule has 0 fully saturated rings. The minimum atomic E-state index is -1.00. The topological polar surface area (TPSA) is 54.4 Å². The van der Waals surface area contributed by atoms with Gasteiger partial charge in [-0.05, 0) is 31.0 Å². The highest BCUT2D eigenvalue weighted by molar-refractivity contribution is 6.30. The van der Waals surface area contributed by atoms with Crippen molar-refractivity contribution < 1.29 is 19.1 Å². The molecule has 0 bridgehead atoms. The molecule has 0 saturated heterocycles. The summed E-state index contributed by atoms with van der Waals surface area (Å²) in [7, 11) is 0. The van der Waals surface area contributed by atoms with Crippen molar-refractivity contribution in [2.75, 3.05) is 0 Å². The lowest BCUT2D eigenvalue weighted by atomic mass is 9.78. The van der Waals surface area contributed by atoms with E-state index in [0.717, 1.165) is 6.07 Å². The monoisotopic (exact) mass is 282 g/mol. The van der Waals surface area contributed by atoms with Gasteiger partial charge in [0.1, 0.15) is 5.82 Å². The van der Waals surface area contributed by atoms with E-state index in [-0.39, 0.29) is 16.4 Å². The van der Waals surface area contributed by atoms with Crippen molar-refractivity contribution >= 4 is 23.4 Å². The second kappa shape index (κ2) is 5.53. The first-order valence-corrected chi connectivity index (χ1v) is 6.25. The van der Waals surface area contributed by atoms with Crippen LogP contribution >= 0.6 is 11.6 Å². The standard InChI is InChI=1S/C14H12ClFO3/c15-11-6-5-8(7-12(11)16)13(17)9-3-1-2-4-10(9)14(18)19/h1-2,5-7,9-10H,3-4H2,(H,18,19). The van der Waals surface area contributed by atoms with Crippen molar-refractivity contribution in [2.45, 2.75) is 12.8 Å². The van der Waals surface area contributed by atoms with E-state index < -0.39 is 23.6 Å². The first-order valence-electron chi connectivity index (χ1n) is 5.87. The van der Waals surface area contributed by atoms with Crippen LogP contribution in [0.15, 0.2) is 30.4 Å². The van der Waals surface area contributed by atoms with E-state index in [1.54, 1.807) is 12.2 Å². The number of carbonyl (C=O) groups excluding carboxylic acids is 1. The number of carboxylic acids is 1. The maximum Gasteiger partial charge on any atom is 0.307 e. The smallest absolute Gasteiger partial charge is 0.307 e. The molecule has 5 heteroatoms. The number of aliphatic carboxylic acids is 1. The van der Waals surface area contributed by atoms with E-state index in [4.69, 9.17) is 16.7 Å². The van der Waals surface area contributed by atoms with Crippen LogP contribution < -0.4 is 0 Å². The van der Waals surface area contributed by atoms with E-state index in [9.17, 15) is 14.0 Å². The van der Waals surface area contributed by atoms with Crippen molar-refractivity contribution in [2.24, 2.45) is 11.8 Å². The molecule has 1 aromatic carbocycles. The highest BCUT2D eigenvalue weighted by atomic mass is 35.5. The summed E-state index contributed by atoms with van der Waals surface area (Å²) in [6, 6.07) is 3.78. The van der Waals surface area contributed by atoms with Crippen molar-refractivity contribution in [1.82, 2.24) is 0 Å². The SMILES string of the molecule is O=C(O)C1CC=CCC1C(=O)c1ccc(Cl)c(F)c1. The zero-order valence-electron chi connectivity index (χ0n) is 9.98. The maximum atomic E-state index is 13.3. The summed E-state index contributed by atoms with van der Waals surface area (Å²) in [4.78, 5) is 23.4. The van der Waals surface area contributed by atoms with Crippen molar-refractivity contribution in [3.05, 3.63) is 46.8 Å². The van der Waals surface area contributed by atoms with Crippen LogP contribution in [0.4, 0.5) is 4.39 Å². The third kappa shape index (κ3) is 2.84. The van der Waals surface area contributed by atoms with Crippen LogP contribution in [0.5, 0.6) is 0 Å². The highest BCUT2D eigenvalue weighted by Gasteiger charge is 2.34. The lowest BCUT2D eigenvalue weighted by molar-refractivity contribution is -0.143. The molecule has 0 amide bonds. The third-order valence-corrected chi connectivity index (χ3v) is 3.60. The predicted molar refractivity (Wildman–Crippen MR) is 68.7 cm³/mol. The van der Waals surface area contributed by atoms with Crippen LogP contribution in [0.1, 0.15) is 23.2 Å². The summed E-state index contributed by atoms with van der Waals surface area (Å²) < 4.78 is 13.3. The maximum absolute atomic E-state index is 13.3. The molecule has 2 rings (SSSR count). The number of hydrogen-bond acceptors (Lipinski definition) is 2. The Balaban J connectivity index is 2.29. The Morgan fingerprint density at radius 1 is 1.21 bits per heavy atom. The van der Waals surface area contributed by atoms with Gasteiger partial charge in [-0.3, -0.25) is 9.59 Å². The van der Waals surface area contributed by atoms with Crippen molar-refractivity contribution in [1.29, 1.82) is 0 Å². The molecule has 19 heavy (non-hydrogen) atoms. The number of ketones is 1. The molecular formula is C14H12ClFO3. The minimum absolute atomic E-state index is 0.0603. The first kappa shape index (κ1) is 13.7. The Bertz CT molecular complexity index is 554. The molecule has 2 unspecified atom stereocenters. The van der Waals surface area contributed by atoms with E-state index in [1.807, 2.05) is 0 Å². The van der Waals surface area contributed by atoms with Crippen LogP contribution in [0.3, 0.4) is 0 Å². The van der Waals surface area contributed by atoms with Gasteiger partial charge in [0.05, 0.1) is 10.9 Å². The number of carbonyl (C=O) groups is 2. The summed E-state index contributed by atoms with van der Waals surface area (Å²) >= 11 is 5.56. The lowest BCUT2D eigenvalue weighted by Crippen LogP contribution is -2.31. The molecule has 3 nitrogen and oxygen atoms in total. The molecule has 2 atom stereocenters. The summed E-state index contributed by atoms with van der Waals surface area (Å²) in [5, 5.41) is 9.06. The fourth-order valence-electron chi connectivity index (χ4n) is 2.24. The predicted octanol–water partition coefficient (Wildman–Crippen LogP) is 3.33. The molecule has 0 aromatic heterocycles. The summed E-state index contributed by atoms with van der Waals surface area (Å²) in [5.74, 6) is -3.44. The van der Waals surface area contributed by atoms with Gasteiger partial charge in [0.15, 0.2) is 5.78 Å². The Kier molecular flexibility index (Phi) is 4.00. The third-order valence-electron chi connectivity index (χ3n) is 3.29. The van der Waals surface area contributed by atoms with Crippen LogP contribution in [0, 0.1) is 17.7 Å². The average Bonchev–Trinajstić information content (AvgIpc) is 2.41. The molecule has 1 aromatic rings. The van der Waals surface area contributed by atoms with E-state index in [0.29, 0.717) is 12.8 Å². The summed E-state index contributed by atoms with van der Waals surface area (Å²) in [5.41, 5.74) is 0.161. The number of allylic oxidation sites excluding steroid dienone is 2. The Labute approximate surface area is 114 Å². The normalized spacial score (nSPS) is 22.2. The molecule has 0 saturated carbocycles. The average molecular weight is 283 g/mol. The van der Waals surface area contributed by atoms with Gasteiger partial charge in [-0.2, -0.15) is 0 Å². The molecule has 0 aliphatic heterocycles. The molecule has 0 heterocycles. The van der Waals surface area contributed by atoms with Gasteiger partial charge in [-0.25, -0.2) is 4.39 Å². The van der Waals surface area contributed by atoms with Gasteiger partial charge >= 0.3 is 5.97 Å². The van der Waals surface area contributed by atoms with Crippen molar-refractivity contribution in [3.63, 3.8) is 0 Å². The van der Waals surface area contributed by atoms with Gasteiger partial charge in [0.2, 0.25) is 0 Å². The number of rotatable bonds is 3. The quantitative estimate of drug-likeness (QED) is 0.683. The van der Waals surface area contributed by atoms with Gasteiger partial charge in [-0.15, -0.1) is 0 Å². The van der Waals surface area contributed by atoms with Crippen LogP contribution in [0.2, 0.25) is 5.02 Å². The van der Waals surface area contributed by atoms with Crippen LogP contribution in [-0.2, 0) is 4.79 Å². The summed E-state index contributed by atoms with van der Waals surface area (Å²) in [6.07, 6.45) is 4.22. The summed E-state index contributed by atoms with van der Waals surface area (Å²) in [6.45, 7) is 0. The van der Waals surface area contributed by atoms with Gasteiger partial charge < -0.3 is 5.11 Å². The fraction of sp³-hybridized carbons (Fsp3) is 0.286. The fourth-order valence-corrected chi connectivity index (χ4v) is 2.36. The number of carboxylic acid groups (broad SMARTS) is 1. The van der Waals surface area contributed by atoms with Gasteiger partial charge in [-0.1, -0.05) is 23.8 Å². The number of hydrogen-bond donors (Lipinski definition) is 1. The zero-order chi connectivity index (χ0) is 14.0.